The predicted molar refractivity (Wildman–Crippen MR) is 155 cm³/mol. The Bertz CT molecular complexity index is 1020. The van der Waals surface area contributed by atoms with Gasteiger partial charge in [-0.1, -0.05) is 50.2 Å². The zero-order valence-electron chi connectivity index (χ0n) is 21.4. The summed E-state index contributed by atoms with van der Waals surface area (Å²) in [5.41, 5.74) is 18.3. The first kappa shape index (κ1) is 28.0. The molecule has 0 bridgehead atoms. The average molecular weight is 516 g/mol. The molecule has 192 valence electrons. The normalized spacial score (nSPS) is 16.2. The predicted octanol–water partition coefficient (Wildman–Crippen LogP) is 5.21. The van der Waals surface area contributed by atoms with Crippen LogP contribution in [0.5, 0.6) is 0 Å². The summed E-state index contributed by atoms with van der Waals surface area (Å²) < 4.78 is 0. The van der Waals surface area contributed by atoms with E-state index in [0.29, 0.717) is 19.1 Å². The second-order valence-electron chi connectivity index (χ2n) is 9.50. The van der Waals surface area contributed by atoms with Crippen LogP contribution < -0.4 is 16.8 Å². The summed E-state index contributed by atoms with van der Waals surface area (Å²) in [7, 11) is 0. The highest BCUT2D eigenvalue weighted by molar-refractivity contribution is 7.99. The smallest absolute Gasteiger partial charge is 0.0726 e. The fourth-order valence-corrected chi connectivity index (χ4v) is 5.92. The number of halogens is 1. The molecular formula is C28H42ClN5S. The highest BCUT2D eigenvalue weighted by Crippen LogP contribution is 2.36. The van der Waals surface area contributed by atoms with E-state index in [-0.39, 0.29) is 5.25 Å². The van der Waals surface area contributed by atoms with Crippen LogP contribution in [0.1, 0.15) is 49.4 Å². The van der Waals surface area contributed by atoms with Crippen LogP contribution in [-0.4, -0.2) is 54.2 Å². The van der Waals surface area contributed by atoms with Crippen LogP contribution in [0.4, 0.5) is 0 Å². The Kier molecular flexibility index (Phi) is 10.9. The molecule has 0 saturated carbocycles. The first-order chi connectivity index (χ1) is 16.9. The number of nitrogens with zero attached hydrogens (tertiary/aromatic N) is 2. The Morgan fingerprint density at radius 2 is 2.14 bits per heavy atom. The molecule has 2 aromatic rings. The summed E-state index contributed by atoms with van der Waals surface area (Å²) >= 11 is 8.68. The fraction of sp³-hybridized carbons (Fsp3) is 0.536. The van der Waals surface area contributed by atoms with Crippen LogP contribution in [0.15, 0.2) is 37.1 Å². The van der Waals surface area contributed by atoms with E-state index < -0.39 is 0 Å². The maximum absolute atomic E-state index is 6.85. The van der Waals surface area contributed by atoms with E-state index in [0.717, 1.165) is 90.9 Å². The van der Waals surface area contributed by atoms with Crippen molar-refractivity contribution >= 4 is 39.8 Å². The van der Waals surface area contributed by atoms with Crippen molar-refractivity contribution in [1.82, 2.24) is 15.2 Å². The molecule has 1 aliphatic rings. The maximum Gasteiger partial charge on any atom is 0.0726 e. The van der Waals surface area contributed by atoms with Crippen molar-refractivity contribution in [2.24, 2.45) is 17.4 Å². The van der Waals surface area contributed by atoms with Gasteiger partial charge >= 0.3 is 0 Å². The second-order valence-corrected chi connectivity index (χ2v) is 10.9. The van der Waals surface area contributed by atoms with E-state index in [1.807, 2.05) is 11.8 Å². The molecule has 5 nitrogen and oxygen atoms in total. The third-order valence-electron chi connectivity index (χ3n) is 7.12. The topological polar surface area (TPSA) is 80.2 Å². The van der Waals surface area contributed by atoms with Crippen molar-refractivity contribution < 1.29 is 0 Å². The lowest BCUT2D eigenvalue weighted by Gasteiger charge is -2.31. The molecule has 0 saturated heterocycles. The van der Waals surface area contributed by atoms with E-state index in [9.17, 15) is 0 Å². The number of pyridine rings is 1. The van der Waals surface area contributed by atoms with Gasteiger partial charge < -0.3 is 21.7 Å². The van der Waals surface area contributed by atoms with E-state index in [4.69, 9.17) is 28.1 Å². The molecule has 3 rings (SSSR count). The molecule has 1 heterocycles. The summed E-state index contributed by atoms with van der Waals surface area (Å²) in [5.74, 6) is 0.489. The van der Waals surface area contributed by atoms with Gasteiger partial charge in [0.25, 0.3) is 0 Å². The first-order valence-electron chi connectivity index (χ1n) is 12.8. The number of allylic oxidation sites excluding steroid dienone is 1. The SMILES string of the molecule is C=C(c1ccc2c(Cl)c3c(nc2c1)CC(CN)CC3)C(CN(CCNCN)C(=C)CCCC)SC. The average Bonchev–Trinajstić information content (AvgIpc) is 2.88. The third kappa shape index (κ3) is 7.01. The largest absolute Gasteiger partial charge is 0.373 e. The summed E-state index contributed by atoms with van der Waals surface area (Å²) in [6.07, 6.45) is 8.43. The molecular weight excluding hydrogens is 474 g/mol. The minimum Gasteiger partial charge on any atom is -0.373 e. The summed E-state index contributed by atoms with van der Waals surface area (Å²) in [6, 6.07) is 6.41. The Morgan fingerprint density at radius 3 is 2.83 bits per heavy atom. The van der Waals surface area contributed by atoms with Crippen molar-refractivity contribution in [3.63, 3.8) is 0 Å². The highest BCUT2D eigenvalue weighted by Gasteiger charge is 2.24. The van der Waals surface area contributed by atoms with Gasteiger partial charge in [-0.3, -0.25) is 4.98 Å². The van der Waals surface area contributed by atoms with Gasteiger partial charge in [-0.25, -0.2) is 0 Å². The summed E-state index contributed by atoms with van der Waals surface area (Å²) in [4.78, 5) is 7.44. The van der Waals surface area contributed by atoms with E-state index in [1.54, 1.807) is 0 Å². The molecule has 5 N–H and O–H groups in total. The number of thioether (sulfide) groups is 1. The second kappa shape index (κ2) is 13.7. The summed E-state index contributed by atoms with van der Waals surface area (Å²) in [5, 5.41) is 5.35. The van der Waals surface area contributed by atoms with Gasteiger partial charge in [0.2, 0.25) is 0 Å². The van der Waals surface area contributed by atoms with Crippen LogP contribution in [0.2, 0.25) is 5.02 Å². The molecule has 0 radical (unpaired) electrons. The van der Waals surface area contributed by atoms with Gasteiger partial charge in [-0.05, 0) is 73.6 Å². The van der Waals surface area contributed by atoms with E-state index in [1.165, 1.54) is 11.3 Å². The minimum absolute atomic E-state index is 0.235. The van der Waals surface area contributed by atoms with Gasteiger partial charge in [-0.2, -0.15) is 11.8 Å². The Hall–Kier alpha value is -1.57. The lowest BCUT2D eigenvalue weighted by molar-refractivity contribution is 0.339. The number of hydrogen-bond acceptors (Lipinski definition) is 6. The molecule has 1 aromatic carbocycles. The molecule has 0 amide bonds. The van der Waals surface area contributed by atoms with Crippen LogP contribution in [0.3, 0.4) is 0 Å². The maximum atomic E-state index is 6.85. The highest BCUT2D eigenvalue weighted by atomic mass is 35.5. The molecule has 2 atom stereocenters. The van der Waals surface area contributed by atoms with Gasteiger partial charge in [0.15, 0.2) is 0 Å². The molecule has 1 aromatic heterocycles. The molecule has 35 heavy (non-hydrogen) atoms. The fourth-order valence-electron chi connectivity index (χ4n) is 4.81. The van der Waals surface area contributed by atoms with Crippen LogP contribution in [-0.2, 0) is 12.8 Å². The van der Waals surface area contributed by atoms with Gasteiger partial charge in [0, 0.05) is 48.3 Å². The quantitative estimate of drug-likeness (QED) is 0.237. The minimum atomic E-state index is 0.235. The number of fused-ring (bicyclic) bond motifs is 2. The van der Waals surface area contributed by atoms with Crippen LogP contribution in [0.25, 0.3) is 16.5 Å². The Morgan fingerprint density at radius 1 is 1.34 bits per heavy atom. The van der Waals surface area contributed by atoms with E-state index in [2.05, 4.69) is 54.8 Å². The van der Waals surface area contributed by atoms with Crippen LogP contribution >= 0.6 is 23.4 Å². The van der Waals surface area contributed by atoms with Crippen LogP contribution in [0, 0.1) is 5.92 Å². The van der Waals surface area contributed by atoms with E-state index >= 15 is 0 Å². The molecule has 1 aliphatic carbocycles. The number of nitrogens with one attached hydrogen (secondary N) is 1. The summed E-state index contributed by atoms with van der Waals surface area (Å²) in [6.45, 7) is 14.9. The van der Waals surface area contributed by atoms with Crippen molar-refractivity contribution in [3.8, 4) is 0 Å². The van der Waals surface area contributed by atoms with Crippen molar-refractivity contribution in [2.75, 3.05) is 39.1 Å². The van der Waals surface area contributed by atoms with Gasteiger partial charge in [0.05, 0.1) is 10.5 Å². The Balaban J connectivity index is 1.83. The molecule has 0 spiro atoms. The number of hydrogen-bond donors (Lipinski definition) is 3. The number of benzene rings is 1. The lowest BCUT2D eigenvalue weighted by Crippen LogP contribution is -2.37. The number of rotatable bonds is 14. The third-order valence-corrected chi connectivity index (χ3v) is 8.55. The van der Waals surface area contributed by atoms with Crippen molar-refractivity contribution in [1.29, 1.82) is 0 Å². The zero-order chi connectivity index (χ0) is 25.4. The van der Waals surface area contributed by atoms with Gasteiger partial charge in [-0.15, -0.1) is 0 Å². The molecule has 2 unspecified atom stereocenters. The zero-order valence-corrected chi connectivity index (χ0v) is 23.0. The van der Waals surface area contributed by atoms with Gasteiger partial charge in [0.1, 0.15) is 0 Å². The number of nitrogens with two attached hydrogens (primary N) is 2. The lowest BCUT2D eigenvalue weighted by atomic mass is 9.86. The molecule has 0 aliphatic heterocycles. The number of unbranched alkanes of at least 4 members (excludes halogenated alkanes) is 1. The number of aromatic nitrogens is 1. The first-order valence-corrected chi connectivity index (χ1v) is 14.5. The molecule has 7 heteroatoms. The van der Waals surface area contributed by atoms with Crippen molar-refractivity contribution in [2.45, 2.75) is 50.7 Å². The van der Waals surface area contributed by atoms with Crippen molar-refractivity contribution in [3.05, 3.63) is 58.9 Å². The monoisotopic (exact) mass is 515 g/mol. The standard InChI is InChI=1S/C28H42ClN5S/c1-5-6-7-19(2)34(13-12-32-18-31)17-27(35-4)20(3)22-9-11-24-26(15-22)33-25-14-21(16-30)8-10-23(25)28(24)29/h9,11,15,21,27,32H,2-3,5-8,10,12-14,16-18,30-31H2,1,4H3. The molecule has 0 fully saturated rings. The Labute approximate surface area is 220 Å².